The van der Waals surface area contributed by atoms with Crippen molar-refractivity contribution >= 4 is 27.4 Å². The molecule has 1 aliphatic heterocycles. The van der Waals surface area contributed by atoms with Crippen LogP contribution >= 0.6 is 0 Å². The number of anilines is 1. The molecule has 1 atom stereocenters. The van der Waals surface area contributed by atoms with Gasteiger partial charge in [-0.1, -0.05) is 18.2 Å². The average Bonchev–Trinajstić information content (AvgIpc) is 3.01. The molecule has 1 amide bonds. The summed E-state index contributed by atoms with van der Waals surface area (Å²) in [5.41, 5.74) is 0.812. The highest BCUT2D eigenvalue weighted by atomic mass is 32.2. The van der Waals surface area contributed by atoms with E-state index in [1.54, 1.807) is 30.3 Å². The Morgan fingerprint density at radius 3 is 2.42 bits per heavy atom. The Morgan fingerprint density at radius 2 is 1.81 bits per heavy atom. The minimum absolute atomic E-state index is 0.202. The summed E-state index contributed by atoms with van der Waals surface area (Å²) in [7, 11) is -3.35. The van der Waals surface area contributed by atoms with E-state index in [0.29, 0.717) is 5.69 Å². The van der Waals surface area contributed by atoms with E-state index in [-0.39, 0.29) is 11.3 Å². The molecule has 3 rings (SSSR count). The zero-order valence-corrected chi connectivity index (χ0v) is 14.5. The van der Waals surface area contributed by atoms with Gasteiger partial charge in [0.15, 0.2) is 16.4 Å². The van der Waals surface area contributed by atoms with Crippen LogP contribution in [0.2, 0.25) is 0 Å². The molecule has 1 aromatic heterocycles. The van der Waals surface area contributed by atoms with Gasteiger partial charge in [-0.05, 0) is 30.3 Å². The third kappa shape index (κ3) is 4.15. The molecule has 0 saturated heterocycles. The van der Waals surface area contributed by atoms with E-state index < -0.39 is 34.4 Å². The Bertz CT molecular complexity index is 927. The van der Waals surface area contributed by atoms with Crippen molar-refractivity contribution in [2.24, 2.45) is 0 Å². The summed E-state index contributed by atoms with van der Waals surface area (Å²) in [4.78, 5) is 29.8. The first kappa shape index (κ1) is 17.8. The van der Waals surface area contributed by atoms with Crippen LogP contribution < -0.4 is 4.90 Å². The molecule has 8 heteroatoms. The standard InChI is InChI=1S/C18H16N2O5S/c21-17(12-25-18(22)14-6-9-19-10-7-14)20(15-4-2-1-3-5-15)16-8-11-26(23,24)13-16/h1-11,16H,12-13H2/t16-/m0/s1. The number of benzene rings is 1. The number of nitrogens with zero attached hydrogens (tertiary/aromatic N) is 2. The van der Waals surface area contributed by atoms with Crippen molar-refractivity contribution in [1.82, 2.24) is 4.98 Å². The molecular formula is C18H16N2O5S. The van der Waals surface area contributed by atoms with E-state index in [4.69, 9.17) is 4.74 Å². The number of aromatic nitrogens is 1. The second kappa shape index (κ2) is 7.49. The summed E-state index contributed by atoms with van der Waals surface area (Å²) in [6, 6.07) is 11.0. The van der Waals surface area contributed by atoms with Crippen molar-refractivity contribution in [2.75, 3.05) is 17.3 Å². The molecule has 0 aliphatic carbocycles. The number of para-hydroxylation sites is 1. The van der Waals surface area contributed by atoms with Crippen LogP contribution in [-0.2, 0) is 19.4 Å². The molecule has 0 N–H and O–H groups in total. The van der Waals surface area contributed by atoms with E-state index >= 15 is 0 Å². The second-order valence-electron chi connectivity index (χ2n) is 5.64. The van der Waals surface area contributed by atoms with Crippen molar-refractivity contribution in [1.29, 1.82) is 0 Å². The zero-order valence-electron chi connectivity index (χ0n) is 13.7. The van der Waals surface area contributed by atoms with Crippen LogP contribution in [0.4, 0.5) is 5.69 Å². The molecule has 0 radical (unpaired) electrons. The molecule has 0 spiro atoms. The monoisotopic (exact) mass is 372 g/mol. The summed E-state index contributed by atoms with van der Waals surface area (Å²) in [5, 5.41) is 1.10. The van der Waals surface area contributed by atoms with Gasteiger partial charge in [0.2, 0.25) is 0 Å². The van der Waals surface area contributed by atoms with E-state index in [2.05, 4.69) is 4.98 Å². The topological polar surface area (TPSA) is 93.6 Å². The molecule has 1 aromatic carbocycles. The second-order valence-corrected chi connectivity index (χ2v) is 7.57. The van der Waals surface area contributed by atoms with Crippen molar-refractivity contribution in [3.63, 3.8) is 0 Å². The Morgan fingerprint density at radius 1 is 1.12 bits per heavy atom. The molecule has 7 nitrogen and oxygen atoms in total. The van der Waals surface area contributed by atoms with Crippen molar-refractivity contribution in [3.8, 4) is 0 Å². The SMILES string of the molecule is O=C(OCC(=O)N(c1ccccc1)[C@H]1C=CS(=O)(=O)C1)c1ccncc1. The zero-order chi connectivity index (χ0) is 18.6. The molecule has 2 aromatic rings. The van der Waals surface area contributed by atoms with E-state index in [9.17, 15) is 18.0 Å². The van der Waals surface area contributed by atoms with Crippen LogP contribution in [0, 0.1) is 0 Å². The van der Waals surface area contributed by atoms with Gasteiger partial charge in [-0.25, -0.2) is 13.2 Å². The lowest BCUT2D eigenvalue weighted by molar-refractivity contribution is -0.121. The number of carbonyl (C=O) groups excluding carboxylic acids is 2. The molecule has 0 bridgehead atoms. The molecule has 1 aliphatic rings. The van der Waals surface area contributed by atoms with Gasteiger partial charge < -0.3 is 9.64 Å². The predicted octanol–water partition coefficient (Wildman–Crippen LogP) is 1.58. The van der Waals surface area contributed by atoms with E-state index in [1.807, 2.05) is 0 Å². The lowest BCUT2D eigenvalue weighted by Crippen LogP contribution is -2.43. The largest absolute Gasteiger partial charge is 0.452 e. The van der Waals surface area contributed by atoms with E-state index in [0.717, 1.165) is 5.41 Å². The maximum atomic E-state index is 12.7. The van der Waals surface area contributed by atoms with Crippen LogP contribution in [0.15, 0.2) is 66.3 Å². The molecule has 26 heavy (non-hydrogen) atoms. The van der Waals surface area contributed by atoms with Gasteiger partial charge in [0.1, 0.15) is 0 Å². The smallest absolute Gasteiger partial charge is 0.338 e. The van der Waals surface area contributed by atoms with Gasteiger partial charge in [-0.15, -0.1) is 0 Å². The highest BCUT2D eigenvalue weighted by Crippen LogP contribution is 2.22. The number of esters is 1. The molecule has 134 valence electrons. The molecule has 0 saturated carbocycles. The summed E-state index contributed by atoms with van der Waals surface area (Å²) in [6.07, 6.45) is 4.36. The summed E-state index contributed by atoms with van der Waals surface area (Å²) < 4.78 is 28.5. The number of rotatable bonds is 5. The van der Waals surface area contributed by atoms with Gasteiger partial charge in [-0.2, -0.15) is 0 Å². The van der Waals surface area contributed by atoms with Gasteiger partial charge in [0.05, 0.1) is 17.4 Å². The maximum Gasteiger partial charge on any atom is 0.338 e. The molecule has 0 unspecified atom stereocenters. The summed E-state index contributed by atoms with van der Waals surface area (Å²) in [5.74, 6) is -1.36. The highest BCUT2D eigenvalue weighted by Gasteiger charge is 2.31. The number of sulfone groups is 1. The molecule has 0 fully saturated rings. The fourth-order valence-corrected chi connectivity index (χ4v) is 3.87. The average molecular weight is 372 g/mol. The predicted molar refractivity (Wildman–Crippen MR) is 95.2 cm³/mol. The van der Waals surface area contributed by atoms with Crippen molar-refractivity contribution < 1.29 is 22.7 Å². The highest BCUT2D eigenvalue weighted by molar-refractivity contribution is 7.94. The van der Waals surface area contributed by atoms with Crippen molar-refractivity contribution in [3.05, 3.63) is 71.9 Å². The van der Waals surface area contributed by atoms with Crippen LogP contribution in [0.5, 0.6) is 0 Å². The maximum absolute atomic E-state index is 12.7. The quantitative estimate of drug-likeness (QED) is 0.740. The Labute approximate surface area is 150 Å². The first-order chi connectivity index (χ1) is 12.5. The number of amides is 1. The number of pyridine rings is 1. The van der Waals surface area contributed by atoms with Crippen LogP contribution in [-0.4, -0.2) is 43.7 Å². The lowest BCUT2D eigenvalue weighted by Gasteiger charge is -2.27. The number of hydrogen-bond donors (Lipinski definition) is 0. The minimum Gasteiger partial charge on any atom is -0.452 e. The third-order valence-corrected chi connectivity index (χ3v) is 5.17. The third-order valence-electron chi connectivity index (χ3n) is 3.79. The summed E-state index contributed by atoms with van der Waals surface area (Å²) in [6.45, 7) is -0.500. The van der Waals surface area contributed by atoms with Gasteiger partial charge in [0, 0.05) is 23.5 Å². The molecule has 2 heterocycles. The van der Waals surface area contributed by atoms with Crippen molar-refractivity contribution in [2.45, 2.75) is 6.04 Å². The first-order valence-electron chi connectivity index (χ1n) is 7.81. The normalized spacial score (nSPS) is 17.6. The first-order valence-corrected chi connectivity index (χ1v) is 9.53. The minimum atomic E-state index is -3.35. The van der Waals surface area contributed by atoms with Crippen LogP contribution in [0.3, 0.4) is 0 Å². The van der Waals surface area contributed by atoms with Crippen LogP contribution in [0.1, 0.15) is 10.4 Å². The fraction of sp³-hybridized carbons (Fsp3) is 0.167. The number of carbonyl (C=O) groups is 2. The number of hydrogen-bond acceptors (Lipinski definition) is 6. The Hall–Kier alpha value is -3.00. The van der Waals surface area contributed by atoms with Gasteiger partial charge >= 0.3 is 5.97 Å². The Kier molecular flexibility index (Phi) is 5.13. The van der Waals surface area contributed by atoms with Gasteiger partial charge in [-0.3, -0.25) is 9.78 Å². The summed E-state index contributed by atoms with van der Waals surface area (Å²) >= 11 is 0. The fourth-order valence-electron chi connectivity index (χ4n) is 2.60. The Balaban J connectivity index is 1.76. The molecular weight excluding hydrogens is 356 g/mol. The van der Waals surface area contributed by atoms with Crippen LogP contribution in [0.25, 0.3) is 0 Å². The number of ether oxygens (including phenoxy) is 1. The lowest BCUT2D eigenvalue weighted by atomic mass is 10.2. The van der Waals surface area contributed by atoms with Gasteiger partial charge in [0.25, 0.3) is 5.91 Å². The van der Waals surface area contributed by atoms with E-state index in [1.165, 1.54) is 35.5 Å².